The third-order valence-corrected chi connectivity index (χ3v) is 4.31. The number of carbonyl (C=O) groups excluding carboxylic acids is 1. The molecule has 0 saturated carbocycles. The van der Waals surface area contributed by atoms with Crippen molar-refractivity contribution in [3.05, 3.63) is 64.7 Å². The number of nitrogens with one attached hydrogen (secondary N) is 2. The minimum Gasteiger partial charge on any atom is -0.345 e. The largest absolute Gasteiger partial charge is 0.345 e. The fraction of sp³-hybridized carbons (Fsp3) is 0.278. The van der Waals surface area contributed by atoms with Crippen LogP contribution in [0.1, 0.15) is 40.0 Å². The maximum atomic E-state index is 12.6. The van der Waals surface area contributed by atoms with E-state index in [0.717, 1.165) is 22.9 Å². The van der Waals surface area contributed by atoms with Gasteiger partial charge < -0.3 is 5.32 Å². The highest BCUT2D eigenvalue weighted by molar-refractivity contribution is 7.92. The maximum Gasteiger partial charge on any atom is 0.253 e. The van der Waals surface area contributed by atoms with E-state index in [9.17, 15) is 13.2 Å². The van der Waals surface area contributed by atoms with Gasteiger partial charge in [-0.15, -0.1) is 0 Å². The van der Waals surface area contributed by atoms with Crippen molar-refractivity contribution in [3.63, 3.8) is 0 Å². The summed E-state index contributed by atoms with van der Waals surface area (Å²) < 4.78 is 25.3. The smallest absolute Gasteiger partial charge is 0.253 e. The highest BCUT2D eigenvalue weighted by atomic mass is 32.2. The van der Waals surface area contributed by atoms with Gasteiger partial charge in [-0.1, -0.05) is 35.9 Å². The van der Waals surface area contributed by atoms with Crippen molar-refractivity contribution in [1.29, 1.82) is 0 Å². The summed E-state index contributed by atoms with van der Waals surface area (Å²) in [6, 6.07) is 12.4. The zero-order valence-electron chi connectivity index (χ0n) is 14.3. The van der Waals surface area contributed by atoms with Crippen molar-refractivity contribution in [2.24, 2.45) is 0 Å². The lowest BCUT2D eigenvalue weighted by Crippen LogP contribution is -2.28. The maximum absolute atomic E-state index is 12.6. The van der Waals surface area contributed by atoms with Crippen LogP contribution >= 0.6 is 0 Å². The van der Waals surface area contributed by atoms with E-state index in [1.165, 1.54) is 0 Å². The van der Waals surface area contributed by atoms with Gasteiger partial charge in [0.25, 0.3) is 5.91 Å². The number of hydrogen-bond donors (Lipinski definition) is 2. The molecule has 0 radical (unpaired) electrons. The number of sulfonamides is 1. The van der Waals surface area contributed by atoms with Gasteiger partial charge in [-0.25, -0.2) is 8.42 Å². The van der Waals surface area contributed by atoms with Crippen LogP contribution in [0.4, 0.5) is 5.69 Å². The van der Waals surface area contributed by atoms with Gasteiger partial charge in [0, 0.05) is 0 Å². The molecule has 2 aromatic rings. The Hall–Kier alpha value is -2.34. The van der Waals surface area contributed by atoms with Crippen molar-refractivity contribution in [1.82, 2.24) is 5.32 Å². The van der Waals surface area contributed by atoms with Crippen LogP contribution in [0, 0.1) is 13.8 Å². The molecule has 0 unspecified atom stereocenters. The molecule has 6 heteroatoms. The number of amides is 1. The lowest BCUT2D eigenvalue weighted by molar-refractivity contribution is 0.0940. The average Bonchev–Trinajstić information content (AvgIpc) is 2.48. The molecule has 0 fully saturated rings. The van der Waals surface area contributed by atoms with Crippen LogP contribution in [0.2, 0.25) is 0 Å². The first-order chi connectivity index (χ1) is 11.2. The Labute approximate surface area is 143 Å². The Morgan fingerprint density at radius 3 is 2.42 bits per heavy atom. The molecule has 1 atom stereocenters. The molecule has 1 amide bonds. The Kier molecular flexibility index (Phi) is 5.29. The van der Waals surface area contributed by atoms with Crippen LogP contribution in [0.25, 0.3) is 0 Å². The summed E-state index contributed by atoms with van der Waals surface area (Å²) in [5.41, 5.74) is 3.81. The van der Waals surface area contributed by atoms with Crippen LogP contribution in [-0.4, -0.2) is 20.6 Å². The summed E-state index contributed by atoms with van der Waals surface area (Å²) in [6.45, 7) is 5.91. The second kappa shape index (κ2) is 7.05. The molecule has 0 aliphatic heterocycles. The van der Waals surface area contributed by atoms with Crippen LogP contribution < -0.4 is 10.0 Å². The molecule has 0 aromatic heterocycles. The van der Waals surface area contributed by atoms with E-state index in [-0.39, 0.29) is 17.6 Å². The highest BCUT2D eigenvalue weighted by Crippen LogP contribution is 2.21. The van der Waals surface area contributed by atoms with Crippen LogP contribution in [0.3, 0.4) is 0 Å². The molecular weight excluding hydrogens is 324 g/mol. The Balaban J connectivity index is 2.25. The van der Waals surface area contributed by atoms with Crippen LogP contribution in [0.15, 0.2) is 42.5 Å². The Bertz CT molecular complexity index is 860. The Morgan fingerprint density at radius 2 is 1.75 bits per heavy atom. The van der Waals surface area contributed by atoms with Crippen molar-refractivity contribution < 1.29 is 13.2 Å². The molecule has 0 aliphatic carbocycles. The standard InChI is InChI=1S/C18H22N2O3S/c1-12-9-10-13(2)16(11-12)14(3)19-18(21)15-7-5-6-8-17(15)20-24(4,22)23/h5-11,14,20H,1-4H3,(H,19,21)/t14-/m0/s1. The summed E-state index contributed by atoms with van der Waals surface area (Å²) in [6.07, 6.45) is 1.06. The minimum atomic E-state index is -3.46. The number of anilines is 1. The van der Waals surface area contributed by atoms with Crippen molar-refractivity contribution >= 4 is 21.6 Å². The number of para-hydroxylation sites is 1. The molecule has 2 aromatic carbocycles. The van der Waals surface area contributed by atoms with Crippen LogP contribution in [-0.2, 0) is 10.0 Å². The molecule has 2 rings (SSSR count). The second-order valence-electron chi connectivity index (χ2n) is 5.98. The van der Waals surface area contributed by atoms with E-state index >= 15 is 0 Å². The summed E-state index contributed by atoms with van der Waals surface area (Å²) in [4.78, 5) is 12.6. The average molecular weight is 346 g/mol. The molecule has 0 saturated heterocycles. The van der Waals surface area contributed by atoms with Gasteiger partial charge in [-0.3, -0.25) is 9.52 Å². The molecule has 0 heterocycles. The molecule has 2 N–H and O–H groups in total. The van der Waals surface area contributed by atoms with E-state index in [0.29, 0.717) is 5.56 Å². The normalized spacial score (nSPS) is 12.5. The fourth-order valence-electron chi connectivity index (χ4n) is 2.55. The number of carbonyl (C=O) groups is 1. The fourth-order valence-corrected chi connectivity index (χ4v) is 3.13. The molecule has 5 nitrogen and oxygen atoms in total. The predicted molar refractivity (Wildman–Crippen MR) is 96.7 cm³/mol. The second-order valence-corrected chi connectivity index (χ2v) is 7.72. The topological polar surface area (TPSA) is 75.3 Å². The van der Waals surface area contributed by atoms with Gasteiger partial charge in [-0.2, -0.15) is 0 Å². The Morgan fingerprint density at radius 1 is 1.08 bits per heavy atom. The van der Waals surface area contributed by atoms with E-state index in [1.807, 2.05) is 39.0 Å². The minimum absolute atomic E-state index is 0.191. The van der Waals surface area contributed by atoms with Gasteiger partial charge in [0.15, 0.2) is 0 Å². The summed E-state index contributed by atoms with van der Waals surface area (Å²) in [5, 5.41) is 2.93. The number of rotatable bonds is 5. The summed E-state index contributed by atoms with van der Waals surface area (Å²) >= 11 is 0. The number of hydrogen-bond acceptors (Lipinski definition) is 3. The van der Waals surface area contributed by atoms with Gasteiger partial charge in [-0.05, 0) is 44.0 Å². The van der Waals surface area contributed by atoms with E-state index < -0.39 is 10.0 Å². The van der Waals surface area contributed by atoms with Gasteiger partial charge in [0.1, 0.15) is 0 Å². The quantitative estimate of drug-likeness (QED) is 0.873. The SMILES string of the molecule is Cc1ccc(C)c([C@H](C)NC(=O)c2ccccc2NS(C)(=O)=O)c1. The lowest BCUT2D eigenvalue weighted by Gasteiger charge is -2.18. The molecule has 0 aliphatic rings. The molecular formula is C18H22N2O3S. The summed E-state index contributed by atoms with van der Waals surface area (Å²) in [5.74, 6) is -0.324. The van der Waals surface area contributed by atoms with Crippen molar-refractivity contribution in [3.8, 4) is 0 Å². The monoisotopic (exact) mass is 346 g/mol. The third kappa shape index (κ3) is 4.58. The van der Waals surface area contributed by atoms with E-state index in [1.54, 1.807) is 24.3 Å². The van der Waals surface area contributed by atoms with E-state index in [4.69, 9.17) is 0 Å². The predicted octanol–water partition coefficient (Wildman–Crippen LogP) is 3.17. The first-order valence-corrected chi connectivity index (χ1v) is 9.51. The zero-order valence-corrected chi connectivity index (χ0v) is 15.1. The molecule has 24 heavy (non-hydrogen) atoms. The first kappa shape index (κ1) is 18.0. The number of benzene rings is 2. The van der Waals surface area contributed by atoms with Crippen molar-refractivity contribution in [2.75, 3.05) is 11.0 Å². The summed E-state index contributed by atoms with van der Waals surface area (Å²) in [7, 11) is -3.46. The van der Waals surface area contributed by atoms with Gasteiger partial charge in [0.2, 0.25) is 10.0 Å². The van der Waals surface area contributed by atoms with Crippen LogP contribution in [0.5, 0.6) is 0 Å². The van der Waals surface area contributed by atoms with Gasteiger partial charge >= 0.3 is 0 Å². The molecule has 0 bridgehead atoms. The zero-order chi connectivity index (χ0) is 17.9. The van der Waals surface area contributed by atoms with E-state index in [2.05, 4.69) is 10.0 Å². The lowest BCUT2D eigenvalue weighted by atomic mass is 9.99. The highest BCUT2D eigenvalue weighted by Gasteiger charge is 2.17. The van der Waals surface area contributed by atoms with Crippen molar-refractivity contribution in [2.45, 2.75) is 26.8 Å². The van der Waals surface area contributed by atoms with Gasteiger partial charge in [0.05, 0.1) is 23.5 Å². The third-order valence-electron chi connectivity index (χ3n) is 3.72. The first-order valence-electron chi connectivity index (χ1n) is 7.62. The molecule has 0 spiro atoms. The number of aryl methyl sites for hydroxylation is 2. The molecule has 128 valence electrons.